The van der Waals surface area contributed by atoms with Crippen molar-refractivity contribution in [2.75, 3.05) is 23.9 Å². The van der Waals surface area contributed by atoms with E-state index in [1.165, 1.54) is 0 Å². The van der Waals surface area contributed by atoms with Crippen LogP contribution in [0.1, 0.15) is 37.1 Å². The number of nitrogen functional groups attached to an aromatic ring is 1. The third-order valence-electron chi connectivity index (χ3n) is 3.12. The fraction of sp³-hybridized carbons (Fsp3) is 0.667. The number of aromatic nitrogens is 2. The summed E-state index contributed by atoms with van der Waals surface area (Å²) in [6.07, 6.45) is 1.89. The normalized spacial score (nSPS) is 16.5. The van der Waals surface area contributed by atoms with Crippen LogP contribution >= 0.6 is 0 Å². The highest BCUT2D eigenvalue weighted by Crippen LogP contribution is 2.39. The number of aliphatic hydroxyl groups excluding tert-OH is 1. The van der Waals surface area contributed by atoms with Crippen molar-refractivity contribution in [2.24, 2.45) is 5.84 Å². The van der Waals surface area contributed by atoms with Gasteiger partial charge in [-0.25, -0.2) is 15.8 Å². The fourth-order valence-electron chi connectivity index (χ4n) is 2.04. The van der Waals surface area contributed by atoms with Crippen molar-refractivity contribution < 1.29 is 5.11 Å². The Balaban J connectivity index is 2.34. The maximum atomic E-state index is 9.47. The van der Waals surface area contributed by atoms with Crippen molar-refractivity contribution in [1.82, 2.24) is 9.97 Å². The predicted molar refractivity (Wildman–Crippen MR) is 71.5 cm³/mol. The van der Waals surface area contributed by atoms with Gasteiger partial charge in [0.1, 0.15) is 17.5 Å². The molecule has 0 aliphatic heterocycles. The topological polar surface area (TPSA) is 87.3 Å². The number of hydrogen-bond acceptors (Lipinski definition) is 6. The van der Waals surface area contributed by atoms with Gasteiger partial charge in [0.2, 0.25) is 0 Å². The van der Waals surface area contributed by atoms with Crippen LogP contribution in [0.2, 0.25) is 0 Å². The zero-order valence-corrected chi connectivity index (χ0v) is 11.1. The molecule has 6 nitrogen and oxygen atoms in total. The van der Waals surface area contributed by atoms with Crippen LogP contribution in [0.15, 0.2) is 0 Å². The van der Waals surface area contributed by atoms with E-state index in [9.17, 15) is 5.11 Å². The smallest absolute Gasteiger partial charge is 0.148 e. The molecule has 2 rings (SSSR count). The van der Waals surface area contributed by atoms with Crippen LogP contribution in [0.3, 0.4) is 0 Å². The van der Waals surface area contributed by atoms with Gasteiger partial charge in [-0.15, -0.1) is 0 Å². The standard InChI is InChI=1S/C12H21N5O/c1-7(18)6-17(3)12-8(2)10(16-13)14-11(15-12)9-4-5-9/h7,9,18H,4-6,13H2,1-3H3,(H,14,15,16). The molecule has 100 valence electrons. The van der Waals surface area contributed by atoms with Gasteiger partial charge in [0.05, 0.1) is 6.10 Å². The first-order valence-corrected chi connectivity index (χ1v) is 6.27. The minimum absolute atomic E-state index is 0.400. The third-order valence-corrected chi connectivity index (χ3v) is 3.12. The number of nitrogens with two attached hydrogens (primary N) is 1. The third kappa shape index (κ3) is 2.70. The van der Waals surface area contributed by atoms with Gasteiger partial charge < -0.3 is 15.4 Å². The van der Waals surface area contributed by atoms with E-state index in [4.69, 9.17) is 5.84 Å². The Kier molecular flexibility index (Phi) is 3.68. The molecule has 1 aromatic heterocycles. The first-order valence-electron chi connectivity index (χ1n) is 6.27. The van der Waals surface area contributed by atoms with Crippen molar-refractivity contribution in [3.05, 3.63) is 11.4 Å². The van der Waals surface area contributed by atoms with E-state index >= 15 is 0 Å². The lowest BCUT2D eigenvalue weighted by molar-refractivity contribution is 0.201. The molecule has 18 heavy (non-hydrogen) atoms. The van der Waals surface area contributed by atoms with Crippen LogP contribution in [0.5, 0.6) is 0 Å². The lowest BCUT2D eigenvalue weighted by atomic mass is 10.2. The van der Waals surface area contributed by atoms with Crippen LogP contribution in [0.25, 0.3) is 0 Å². The van der Waals surface area contributed by atoms with E-state index in [1.54, 1.807) is 6.92 Å². The summed E-state index contributed by atoms with van der Waals surface area (Å²) in [6.45, 7) is 4.22. The molecule has 0 spiro atoms. The average Bonchev–Trinajstić information content (AvgIpc) is 3.12. The van der Waals surface area contributed by atoms with Crippen molar-refractivity contribution in [3.63, 3.8) is 0 Å². The summed E-state index contributed by atoms with van der Waals surface area (Å²) in [5.74, 6) is 8.32. The van der Waals surface area contributed by atoms with Crippen LogP contribution in [0, 0.1) is 6.92 Å². The molecule has 1 heterocycles. The Morgan fingerprint density at radius 2 is 2.17 bits per heavy atom. The Bertz CT molecular complexity index is 431. The maximum Gasteiger partial charge on any atom is 0.148 e. The molecule has 6 heteroatoms. The number of anilines is 2. The highest BCUT2D eigenvalue weighted by atomic mass is 16.3. The number of hydrogen-bond donors (Lipinski definition) is 3. The summed E-state index contributed by atoms with van der Waals surface area (Å²) in [6, 6.07) is 0. The molecule has 1 aliphatic rings. The molecule has 0 amide bonds. The maximum absolute atomic E-state index is 9.47. The van der Waals surface area contributed by atoms with Crippen molar-refractivity contribution in [1.29, 1.82) is 0 Å². The van der Waals surface area contributed by atoms with Gasteiger partial charge in [-0.1, -0.05) is 0 Å². The van der Waals surface area contributed by atoms with E-state index in [1.807, 2.05) is 18.9 Å². The largest absolute Gasteiger partial charge is 0.392 e. The Hall–Kier alpha value is -1.40. The van der Waals surface area contributed by atoms with Crippen LogP contribution in [0.4, 0.5) is 11.6 Å². The molecule has 0 saturated heterocycles. The molecule has 1 unspecified atom stereocenters. The molecule has 1 saturated carbocycles. The van der Waals surface area contributed by atoms with Crippen molar-refractivity contribution in [2.45, 2.75) is 38.7 Å². The first-order chi connectivity index (χ1) is 8.52. The van der Waals surface area contributed by atoms with Gasteiger partial charge >= 0.3 is 0 Å². The Morgan fingerprint density at radius 1 is 1.50 bits per heavy atom. The lowest BCUT2D eigenvalue weighted by Crippen LogP contribution is -2.29. The molecule has 1 fully saturated rings. The second kappa shape index (κ2) is 5.07. The summed E-state index contributed by atoms with van der Waals surface area (Å²) < 4.78 is 0. The van der Waals surface area contributed by atoms with Gasteiger partial charge in [-0.05, 0) is 26.7 Å². The van der Waals surface area contributed by atoms with Gasteiger partial charge in [-0.2, -0.15) is 0 Å². The summed E-state index contributed by atoms with van der Waals surface area (Å²) in [4.78, 5) is 11.0. The van der Waals surface area contributed by atoms with Crippen molar-refractivity contribution >= 4 is 11.6 Å². The Morgan fingerprint density at radius 3 is 2.67 bits per heavy atom. The van der Waals surface area contributed by atoms with Crippen LogP contribution in [-0.4, -0.2) is 34.8 Å². The summed E-state index contributed by atoms with van der Waals surface area (Å²) >= 11 is 0. The zero-order valence-electron chi connectivity index (χ0n) is 11.1. The summed E-state index contributed by atoms with van der Waals surface area (Å²) in [5, 5.41) is 9.47. The summed E-state index contributed by atoms with van der Waals surface area (Å²) in [5.41, 5.74) is 3.53. The number of likely N-dealkylation sites (N-methyl/N-ethyl adjacent to an activating group) is 1. The minimum Gasteiger partial charge on any atom is -0.392 e. The van der Waals surface area contributed by atoms with Crippen LogP contribution < -0.4 is 16.2 Å². The first kappa shape index (κ1) is 13.0. The van der Waals surface area contributed by atoms with Gasteiger partial charge in [0.25, 0.3) is 0 Å². The Labute approximate surface area is 107 Å². The van der Waals surface area contributed by atoms with Gasteiger partial charge in [0.15, 0.2) is 0 Å². The molecule has 0 aromatic carbocycles. The molecule has 1 aliphatic carbocycles. The predicted octanol–water partition coefficient (Wildman–Crippen LogP) is 0.765. The molecule has 1 atom stereocenters. The molecule has 1 aromatic rings. The minimum atomic E-state index is -0.400. The lowest BCUT2D eigenvalue weighted by Gasteiger charge is -2.23. The SMILES string of the molecule is Cc1c(NN)nc(C2CC2)nc1N(C)CC(C)O. The van der Waals surface area contributed by atoms with E-state index < -0.39 is 6.10 Å². The van der Waals surface area contributed by atoms with Gasteiger partial charge in [-0.3, -0.25) is 0 Å². The average molecular weight is 251 g/mol. The second-order valence-corrected chi connectivity index (χ2v) is 5.03. The number of nitrogens with zero attached hydrogens (tertiary/aromatic N) is 3. The number of aliphatic hydroxyl groups is 1. The second-order valence-electron chi connectivity index (χ2n) is 5.03. The van der Waals surface area contributed by atoms with E-state index in [2.05, 4.69) is 15.4 Å². The molecule has 0 radical (unpaired) electrons. The monoisotopic (exact) mass is 251 g/mol. The number of rotatable bonds is 5. The zero-order chi connectivity index (χ0) is 13.3. The number of hydrazine groups is 1. The van der Waals surface area contributed by atoms with Crippen LogP contribution in [-0.2, 0) is 0 Å². The molecule has 4 N–H and O–H groups in total. The number of nitrogens with one attached hydrogen (secondary N) is 1. The van der Waals surface area contributed by atoms with E-state index in [0.29, 0.717) is 18.3 Å². The van der Waals surface area contributed by atoms with Gasteiger partial charge in [0, 0.05) is 25.1 Å². The highest BCUT2D eigenvalue weighted by molar-refractivity contribution is 5.58. The molecular formula is C12H21N5O. The van der Waals surface area contributed by atoms with E-state index in [0.717, 1.165) is 30.0 Å². The molecule has 0 bridgehead atoms. The summed E-state index contributed by atoms with van der Waals surface area (Å²) in [7, 11) is 1.92. The quantitative estimate of drug-likeness (QED) is 0.529. The van der Waals surface area contributed by atoms with Crippen molar-refractivity contribution in [3.8, 4) is 0 Å². The highest BCUT2D eigenvalue weighted by Gasteiger charge is 2.28. The van der Waals surface area contributed by atoms with E-state index in [-0.39, 0.29) is 0 Å². The fourth-order valence-corrected chi connectivity index (χ4v) is 2.04. The molecular weight excluding hydrogens is 230 g/mol.